The molecule has 0 bridgehead atoms. The smallest absolute Gasteiger partial charge is 0.321 e. The summed E-state index contributed by atoms with van der Waals surface area (Å²) in [6, 6.07) is 17.2. The predicted octanol–water partition coefficient (Wildman–Crippen LogP) is 3.57. The Bertz CT molecular complexity index is 1200. The number of carbonyl (C=O) groups excluding carboxylic acids is 4. The maximum atomic E-state index is 12.5. The number of urea groups is 1. The van der Waals surface area contributed by atoms with Gasteiger partial charge in [0.2, 0.25) is 5.91 Å². The Hall–Kier alpha value is -4.25. The molecule has 0 aliphatic rings. The zero-order chi connectivity index (χ0) is 26.6. The fraction of sp³-hybridized carbons (Fsp3) is 0.269. The summed E-state index contributed by atoms with van der Waals surface area (Å²) in [5.74, 6) is -1.49. The lowest BCUT2D eigenvalue weighted by molar-refractivity contribution is -0.143. The Morgan fingerprint density at radius 2 is 1.59 bits per heavy atom. The fourth-order valence-corrected chi connectivity index (χ4v) is 4.10. The van der Waals surface area contributed by atoms with Crippen molar-refractivity contribution in [2.24, 2.45) is 0 Å². The van der Waals surface area contributed by atoms with Crippen LogP contribution in [0.25, 0.3) is 0 Å². The van der Waals surface area contributed by atoms with Gasteiger partial charge in [-0.25, -0.2) is 9.78 Å². The Labute approximate surface area is 218 Å². The van der Waals surface area contributed by atoms with Crippen LogP contribution in [0.2, 0.25) is 0 Å². The van der Waals surface area contributed by atoms with Gasteiger partial charge >= 0.3 is 12.0 Å². The molecule has 2 unspecified atom stereocenters. The van der Waals surface area contributed by atoms with Crippen LogP contribution in [0.1, 0.15) is 54.0 Å². The number of carbonyl (C=O) groups is 4. The number of aromatic nitrogens is 1. The molecule has 2 atom stereocenters. The summed E-state index contributed by atoms with van der Waals surface area (Å²) in [4.78, 5) is 53.4. The highest BCUT2D eigenvalue weighted by atomic mass is 32.1. The van der Waals surface area contributed by atoms with E-state index in [0.717, 1.165) is 22.5 Å². The van der Waals surface area contributed by atoms with E-state index in [1.165, 1.54) is 5.38 Å². The third kappa shape index (κ3) is 8.73. The molecular formula is C26H29N5O5S. The summed E-state index contributed by atoms with van der Waals surface area (Å²) in [5, 5.41) is 12.4. The van der Waals surface area contributed by atoms with Crippen molar-refractivity contribution in [1.82, 2.24) is 20.9 Å². The largest absolute Gasteiger partial charge is 0.466 e. The van der Waals surface area contributed by atoms with Crippen LogP contribution in [0.3, 0.4) is 0 Å². The summed E-state index contributed by atoms with van der Waals surface area (Å²) < 4.78 is 5.00. The molecule has 0 fully saturated rings. The van der Waals surface area contributed by atoms with Gasteiger partial charge in [0, 0.05) is 5.38 Å². The highest BCUT2D eigenvalue weighted by Crippen LogP contribution is 2.18. The van der Waals surface area contributed by atoms with Crippen LogP contribution in [-0.2, 0) is 14.3 Å². The van der Waals surface area contributed by atoms with Crippen LogP contribution in [0.4, 0.5) is 9.93 Å². The van der Waals surface area contributed by atoms with Crippen LogP contribution >= 0.6 is 11.3 Å². The van der Waals surface area contributed by atoms with Crippen molar-refractivity contribution in [2.45, 2.75) is 32.4 Å². The first-order chi connectivity index (χ1) is 17.9. The number of benzene rings is 2. The maximum Gasteiger partial charge on any atom is 0.321 e. The van der Waals surface area contributed by atoms with Gasteiger partial charge in [-0.3, -0.25) is 19.7 Å². The van der Waals surface area contributed by atoms with Crippen LogP contribution in [0.15, 0.2) is 66.0 Å². The van der Waals surface area contributed by atoms with Gasteiger partial charge < -0.3 is 20.7 Å². The monoisotopic (exact) mass is 523 g/mol. The van der Waals surface area contributed by atoms with E-state index >= 15 is 0 Å². The van der Waals surface area contributed by atoms with Gasteiger partial charge in [-0.05, 0) is 25.0 Å². The van der Waals surface area contributed by atoms with E-state index in [-0.39, 0.29) is 36.4 Å². The molecular weight excluding hydrogens is 494 g/mol. The van der Waals surface area contributed by atoms with Crippen LogP contribution in [0.5, 0.6) is 0 Å². The SMILES string of the molecule is CCOC(=O)CC(NC(=O)CNC(=O)c1csc(NC(=O)NC(C)c2ccccc2)n1)c1ccccc1. The van der Waals surface area contributed by atoms with Gasteiger partial charge in [0.05, 0.1) is 31.7 Å². The zero-order valence-corrected chi connectivity index (χ0v) is 21.3. The topological polar surface area (TPSA) is 139 Å². The summed E-state index contributed by atoms with van der Waals surface area (Å²) in [7, 11) is 0. The lowest BCUT2D eigenvalue weighted by Gasteiger charge is -2.18. The van der Waals surface area contributed by atoms with Crippen molar-refractivity contribution in [3.8, 4) is 0 Å². The van der Waals surface area contributed by atoms with E-state index in [1.54, 1.807) is 31.2 Å². The van der Waals surface area contributed by atoms with Crippen molar-refractivity contribution < 1.29 is 23.9 Å². The molecule has 4 N–H and O–H groups in total. The molecule has 1 aromatic heterocycles. The number of nitrogens with one attached hydrogen (secondary N) is 4. The number of hydrogen-bond donors (Lipinski definition) is 4. The van der Waals surface area contributed by atoms with Crippen molar-refractivity contribution in [2.75, 3.05) is 18.5 Å². The molecule has 37 heavy (non-hydrogen) atoms. The van der Waals surface area contributed by atoms with Crippen LogP contribution in [-0.4, -0.2) is 42.0 Å². The van der Waals surface area contributed by atoms with E-state index in [1.807, 2.05) is 43.3 Å². The Morgan fingerprint density at radius 3 is 2.24 bits per heavy atom. The molecule has 2 aromatic carbocycles. The number of hydrogen-bond acceptors (Lipinski definition) is 7. The second kappa shape index (κ2) is 13.7. The van der Waals surface area contributed by atoms with Crippen molar-refractivity contribution in [3.05, 3.63) is 82.9 Å². The van der Waals surface area contributed by atoms with E-state index in [0.29, 0.717) is 0 Å². The summed E-state index contributed by atoms with van der Waals surface area (Å²) in [6.07, 6.45) is -0.0381. The minimum absolute atomic E-state index is 0.0381. The van der Waals surface area contributed by atoms with Crippen molar-refractivity contribution in [3.63, 3.8) is 0 Å². The highest BCUT2D eigenvalue weighted by molar-refractivity contribution is 7.14. The number of ether oxygens (including phenoxy) is 1. The highest BCUT2D eigenvalue weighted by Gasteiger charge is 2.20. The predicted molar refractivity (Wildman–Crippen MR) is 140 cm³/mol. The van der Waals surface area contributed by atoms with Gasteiger partial charge in [0.25, 0.3) is 5.91 Å². The molecule has 3 aromatic rings. The van der Waals surface area contributed by atoms with Crippen molar-refractivity contribution >= 4 is 40.3 Å². The molecule has 0 saturated carbocycles. The normalized spacial score (nSPS) is 12.1. The number of amides is 4. The first kappa shape index (κ1) is 27.3. The molecule has 11 heteroatoms. The summed E-state index contributed by atoms with van der Waals surface area (Å²) >= 11 is 1.09. The quantitative estimate of drug-likeness (QED) is 0.284. The fourth-order valence-electron chi connectivity index (χ4n) is 3.41. The third-order valence-corrected chi connectivity index (χ3v) is 5.98. The maximum absolute atomic E-state index is 12.5. The molecule has 10 nitrogen and oxygen atoms in total. The van der Waals surface area contributed by atoms with E-state index < -0.39 is 29.9 Å². The Kier molecular flexibility index (Phi) is 10.1. The van der Waals surface area contributed by atoms with Gasteiger partial charge in [-0.15, -0.1) is 11.3 Å². The van der Waals surface area contributed by atoms with Gasteiger partial charge in [-0.1, -0.05) is 60.7 Å². The van der Waals surface area contributed by atoms with Crippen LogP contribution in [0, 0.1) is 0 Å². The van der Waals surface area contributed by atoms with E-state index in [9.17, 15) is 19.2 Å². The first-order valence-electron chi connectivity index (χ1n) is 11.7. The van der Waals surface area contributed by atoms with Crippen LogP contribution < -0.4 is 21.3 Å². The number of esters is 1. The number of anilines is 1. The van der Waals surface area contributed by atoms with E-state index in [2.05, 4.69) is 26.3 Å². The third-order valence-electron chi connectivity index (χ3n) is 5.23. The molecule has 3 rings (SSSR count). The van der Waals surface area contributed by atoms with Crippen molar-refractivity contribution in [1.29, 1.82) is 0 Å². The molecule has 0 aliphatic carbocycles. The zero-order valence-electron chi connectivity index (χ0n) is 20.5. The number of rotatable bonds is 11. The minimum atomic E-state index is -0.600. The van der Waals surface area contributed by atoms with Gasteiger partial charge in [0.15, 0.2) is 5.13 Å². The lowest BCUT2D eigenvalue weighted by atomic mass is 10.0. The molecule has 0 spiro atoms. The minimum Gasteiger partial charge on any atom is -0.466 e. The first-order valence-corrected chi connectivity index (χ1v) is 12.6. The summed E-state index contributed by atoms with van der Waals surface area (Å²) in [5.41, 5.74) is 1.76. The molecule has 0 aliphatic heterocycles. The summed E-state index contributed by atoms with van der Waals surface area (Å²) in [6.45, 7) is 3.49. The number of nitrogens with zero attached hydrogens (tertiary/aromatic N) is 1. The molecule has 1 heterocycles. The number of thiazole rings is 1. The molecule has 194 valence electrons. The average Bonchev–Trinajstić information content (AvgIpc) is 3.36. The van der Waals surface area contributed by atoms with Gasteiger partial charge in [-0.2, -0.15) is 0 Å². The van der Waals surface area contributed by atoms with Gasteiger partial charge in [0.1, 0.15) is 5.69 Å². The Morgan fingerprint density at radius 1 is 0.946 bits per heavy atom. The standard InChI is InChI=1S/C26H29N5O5S/c1-3-36-23(33)14-20(19-12-8-5-9-13-19)29-22(32)15-27-24(34)21-16-37-26(30-21)31-25(35)28-17(2)18-10-6-4-7-11-18/h4-13,16-17,20H,3,14-15H2,1-2H3,(H,27,34)(H,29,32)(H2,28,30,31,35). The molecule has 0 radical (unpaired) electrons. The Balaban J connectivity index is 1.49. The second-order valence-corrected chi connectivity index (χ2v) is 8.85. The second-order valence-electron chi connectivity index (χ2n) is 7.99. The lowest BCUT2D eigenvalue weighted by Crippen LogP contribution is -2.39. The average molecular weight is 524 g/mol. The molecule has 4 amide bonds. The molecule has 0 saturated heterocycles. The van der Waals surface area contributed by atoms with E-state index in [4.69, 9.17) is 4.74 Å².